The maximum absolute atomic E-state index is 11.8. The number of hydrogen-bond acceptors (Lipinski definition) is 3. The average Bonchev–Trinajstić information content (AvgIpc) is 2.33. The minimum Gasteiger partial charge on any atom is -0.481 e. The van der Waals surface area contributed by atoms with Crippen LogP contribution in [-0.2, 0) is 9.53 Å². The summed E-state index contributed by atoms with van der Waals surface area (Å²) < 4.78 is 5.03. The minimum absolute atomic E-state index is 0.0203. The fourth-order valence-electron chi connectivity index (χ4n) is 1.49. The normalized spacial score (nSPS) is 11.2. The number of nitrogens with zero attached hydrogens (tertiary/aromatic N) is 1. The van der Waals surface area contributed by atoms with E-state index >= 15 is 0 Å². The molecular weight excluding hydrogens is 248 g/mol. The van der Waals surface area contributed by atoms with Crippen molar-refractivity contribution in [1.29, 1.82) is 0 Å². The molecule has 0 aliphatic heterocycles. The highest BCUT2D eigenvalue weighted by atomic mass is 16.5. The molecule has 0 spiro atoms. The molecular formula is C13H26N2O4. The van der Waals surface area contributed by atoms with Crippen molar-refractivity contribution in [2.24, 2.45) is 5.41 Å². The zero-order valence-corrected chi connectivity index (χ0v) is 12.4. The van der Waals surface area contributed by atoms with E-state index in [2.05, 4.69) is 19.2 Å². The van der Waals surface area contributed by atoms with Crippen LogP contribution < -0.4 is 5.32 Å². The second kappa shape index (κ2) is 8.74. The zero-order chi connectivity index (χ0) is 14.9. The Hall–Kier alpha value is -1.30. The van der Waals surface area contributed by atoms with Crippen LogP contribution in [0.4, 0.5) is 4.79 Å². The zero-order valence-electron chi connectivity index (χ0n) is 12.4. The van der Waals surface area contributed by atoms with Crippen molar-refractivity contribution in [3.63, 3.8) is 0 Å². The average molecular weight is 274 g/mol. The lowest BCUT2D eigenvalue weighted by atomic mass is 9.90. The van der Waals surface area contributed by atoms with Gasteiger partial charge in [-0.05, 0) is 18.3 Å². The fraction of sp³-hybridized carbons (Fsp3) is 0.846. The van der Waals surface area contributed by atoms with Gasteiger partial charge in [-0.3, -0.25) is 4.79 Å². The molecule has 6 heteroatoms. The van der Waals surface area contributed by atoms with Gasteiger partial charge in [0.1, 0.15) is 0 Å². The Morgan fingerprint density at radius 1 is 1.37 bits per heavy atom. The third kappa shape index (κ3) is 9.30. The number of carboxylic acids is 1. The summed E-state index contributed by atoms with van der Waals surface area (Å²) in [7, 11) is 3.32. The van der Waals surface area contributed by atoms with Gasteiger partial charge >= 0.3 is 12.0 Å². The molecule has 0 fully saturated rings. The van der Waals surface area contributed by atoms with Gasteiger partial charge in [-0.2, -0.15) is 0 Å². The van der Waals surface area contributed by atoms with E-state index in [0.29, 0.717) is 26.1 Å². The van der Waals surface area contributed by atoms with Gasteiger partial charge in [-0.15, -0.1) is 0 Å². The Morgan fingerprint density at radius 3 is 2.53 bits per heavy atom. The highest BCUT2D eigenvalue weighted by molar-refractivity contribution is 5.74. The molecule has 0 aliphatic rings. The van der Waals surface area contributed by atoms with Crippen molar-refractivity contribution in [2.45, 2.75) is 33.1 Å². The molecule has 19 heavy (non-hydrogen) atoms. The fourth-order valence-corrected chi connectivity index (χ4v) is 1.49. The minimum atomic E-state index is -0.838. The van der Waals surface area contributed by atoms with E-state index in [-0.39, 0.29) is 17.9 Å². The first kappa shape index (κ1) is 17.7. The number of urea groups is 1. The lowest BCUT2D eigenvalue weighted by Crippen LogP contribution is -2.42. The first-order chi connectivity index (χ1) is 8.78. The van der Waals surface area contributed by atoms with Gasteiger partial charge in [0, 0.05) is 40.3 Å². The Bertz CT molecular complexity index is 292. The van der Waals surface area contributed by atoms with Gasteiger partial charge in [-0.25, -0.2) is 4.79 Å². The molecule has 112 valence electrons. The van der Waals surface area contributed by atoms with Crippen LogP contribution in [0, 0.1) is 5.41 Å². The van der Waals surface area contributed by atoms with Crippen molar-refractivity contribution in [3.05, 3.63) is 0 Å². The standard InChI is InChI=1S/C13H26N2O4/c1-13(2,7-9-19-4)10-14-12(18)15(3)8-5-6-11(16)17/h5-10H2,1-4H3,(H,14,18)(H,16,17). The number of nitrogens with one attached hydrogen (secondary N) is 1. The first-order valence-corrected chi connectivity index (χ1v) is 6.48. The molecule has 0 aromatic heterocycles. The van der Waals surface area contributed by atoms with Gasteiger partial charge in [0.05, 0.1) is 0 Å². The number of ether oxygens (including phenoxy) is 1. The molecule has 0 aromatic carbocycles. The number of amides is 2. The monoisotopic (exact) mass is 274 g/mol. The molecule has 0 aliphatic carbocycles. The van der Waals surface area contributed by atoms with Crippen LogP contribution >= 0.6 is 0 Å². The van der Waals surface area contributed by atoms with Gasteiger partial charge in [0.2, 0.25) is 0 Å². The van der Waals surface area contributed by atoms with Crippen LogP contribution in [-0.4, -0.2) is 55.9 Å². The molecule has 6 nitrogen and oxygen atoms in total. The van der Waals surface area contributed by atoms with Gasteiger partial charge in [-0.1, -0.05) is 13.8 Å². The van der Waals surface area contributed by atoms with Crippen molar-refractivity contribution >= 4 is 12.0 Å². The summed E-state index contributed by atoms with van der Waals surface area (Å²) in [5.41, 5.74) is -0.0203. The Morgan fingerprint density at radius 2 is 2.00 bits per heavy atom. The second-order valence-electron chi connectivity index (χ2n) is 5.48. The van der Waals surface area contributed by atoms with Crippen molar-refractivity contribution in [3.8, 4) is 0 Å². The molecule has 0 bridgehead atoms. The second-order valence-corrected chi connectivity index (χ2v) is 5.48. The van der Waals surface area contributed by atoms with E-state index in [0.717, 1.165) is 6.42 Å². The topological polar surface area (TPSA) is 78.9 Å². The molecule has 0 rings (SSSR count). The predicted molar refractivity (Wildman–Crippen MR) is 73.2 cm³/mol. The molecule has 0 aromatic rings. The first-order valence-electron chi connectivity index (χ1n) is 6.48. The maximum Gasteiger partial charge on any atom is 0.317 e. The number of carbonyl (C=O) groups excluding carboxylic acids is 1. The van der Waals surface area contributed by atoms with Crippen LogP contribution in [0.3, 0.4) is 0 Å². The SMILES string of the molecule is COCCC(C)(C)CNC(=O)N(C)CCCC(=O)O. The molecule has 2 N–H and O–H groups in total. The van der Waals surface area contributed by atoms with Crippen LogP contribution in [0.25, 0.3) is 0 Å². The van der Waals surface area contributed by atoms with Crippen molar-refractivity contribution < 1.29 is 19.4 Å². The van der Waals surface area contributed by atoms with Gasteiger partial charge < -0.3 is 20.1 Å². The molecule has 2 amide bonds. The molecule has 0 radical (unpaired) electrons. The van der Waals surface area contributed by atoms with E-state index in [1.54, 1.807) is 14.2 Å². The summed E-state index contributed by atoms with van der Waals surface area (Å²) in [6.07, 6.45) is 1.41. The largest absolute Gasteiger partial charge is 0.481 e. The smallest absolute Gasteiger partial charge is 0.317 e. The quantitative estimate of drug-likeness (QED) is 0.668. The Balaban J connectivity index is 3.92. The van der Waals surface area contributed by atoms with Crippen molar-refractivity contribution in [2.75, 3.05) is 33.9 Å². The third-order valence-corrected chi connectivity index (χ3v) is 2.93. The number of methoxy groups -OCH3 is 1. The van der Waals surface area contributed by atoms with E-state index in [1.165, 1.54) is 4.90 Å². The summed E-state index contributed by atoms with van der Waals surface area (Å²) in [6, 6.07) is -0.170. The summed E-state index contributed by atoms with van der Waals surface area (Å²) in [5.74, 6) is -0.838. The summed E-state index contributed by atoms with van der Waals surface area (Å²) in [4.78, 5) is 23.7. The van der Waals surface area contributed by atoms with E-state index in [9.17, 15) is 9.59 Å². The molecule has 0 heterocycles. The number of aliphatic carboxylic acids is 1. The van der Waals surface area contributed by atoms with E-state index in [4.69, 9.17) is 9.84 Å². The molecule has 0 saturated carbocycles. The van der Waals surface area contributed by atoms with E-state index < -0.39 is 5.97 Å². The van der Waals surface area contributed by atoms with Gasteiger partial charge in [0.15, 0.2) is 0 Å². The van der Waals surface area contributed by atoms with Crippen LogP contribution in [0.15, 0.2) is 0 Å². The maximum atomic E-state index is 11.8. The highest BCUT2D eigenvalue weighted by Crippen LogP contribution is 2.18. The lowest BCUT2D eigenvalue weighted by molar-refractivity contribution is -0.137. The van der Waals surface area contributed by atoms with Crippen LogP contribution in [0.5, 0.6) is 0 Å². The predicted octanol–water partition coefficient (Wildman–Crippen LogP) is 1.56. The van der Waals surface area contributed by atoms with E-state index in [1.807, 2.05) is 0 Å². The number of hydrogen-bond donors (Lipinski definition) is 2. The Labute approximate surface area is 115 Å². The number of carboxylic acid groups (broad SMARTS) is 1. The number of rotatable bonds is 9. The van der Waals surface area contributed by atoms with Crippen LogP contribution in [0.2, 0.25) is 0 Å². The molecule has 0 atom stereocenters. The van der Waals surface area contributed by atoms with Crippen molar-refractivity contribution in [1.82, 2.24) is 10.2 Å². The Kier molecular flexibility index (Phi) is 8.14. The summed E-state index contributed by atoms with van der Waals surface area (Å²) in [6.45, 7) is 5.81. The molecule has 0 saturated heterocycles. The summed E-state index contributed by atoms with van der Waals surface area (Å²) in [5, 5.41) is 11.4. The summed E-state index contributed by atoms with van der Waals surface area (Å²) >= 11 is 0. The molecule has 0 unspecified atom stereocenters. The van der Waals surface area contributed by atoms with Gasteiger partial charge in [0.25, 0.3) is 0 Å². The number of carbonyl (C=O) groups is 2. The lowest BCUT2D eigenvalue weighted by Gasteiger charge is -2.26. The van der Waals surface area contributed by atoms with Crippen LogP contribution in [0.1, 0.15) is 33.1 Å². The third-order valence-electron chi connectivity index (χ3n) is 2.93. The highest BCUT2D eigenvalue weighted by Gasteiger charge is 2.19.